The lowest BCUT2D eigenvalue weighted by Crippen LogP contribution is -2.12. The fourth-order valence-corrected chi connectivity index (χ4v) is 2.27. The van der Waals surface area contributed by atoms with Gasteiger partial charge in [-0.3, -0.25) is 0 Å². The second-order valence-electron chi connectivity index (χ2n) is 4.84. The van der Waals surface area contributed by atoms with Gasteiger partial charge in [-0.25, -0.2) is 0 Å². The molecule has 0 spiro atoms. The summed E-state index contributed by atoms with van der Waals surface area (Å²) in [6.07, 6.45) is 5.45. The molecule has 2 rings (SSSR count). The van der Waals surface area contributed by atoms with Gasteiger partial charge in [0.25, 0.3) is 0 Å². The molecule has 0 saturated heterocycles. The number of hydrogen-bond acceptors (Lipinski definition) is 2. The largest absolute Gasteiger partial charge is 0.490 e. The average molecular weight is 219 g/mol. The lowest BCUT2D eigenvalue weighted by molar-refractivity contribution is 0.208. The summed E-state index contributed by atoms with van der Waals surface area (Å²) in [6, 6.07) is 6.36. The molecule has 2 nitrogen and oxygen atoms in total. The highest BCUT2D eigenvalue weighted by atomic mass is 16.5. The predicted molar refractivity (Wildman–Crippen MR) is 66.7 cm³/mol. The fraction of sp³-hybridized carbons (Fsp3) is 0.571. The van der Waals surface area contributed by atoms with Crippen molar-refractivity contribution >= 4 is 0 Å². The zero-order valence-corrected chi connectivity index (χ0v) is 10.2. The fourth-order valence-electron chi connectivity index (χ4n) is 2.27. The van der Waals surface area contributed by atoms with Crippen molar-refractivity contribution in [2.45, 2.75) is 51.7 Å². The van der Waals surface area contributed by atoms with E-state index < -0.39 is 0 Å². The van der Waals surface area contributed by atoms with Gasteiger partial charge in [0.1, 0.15) is 5.75 Å². The van der Waals surface area contributed by atoms with Crippen LogP contribution in [0.2, 0.25) is 0 Å². The summed E-state index contributed by atoms with van der Waals surface area (Å²) >= 11 is 0. The first kappa shape index (κ1) is 11.5. The molecular weight excluding hydrogens is 198 g/mol. The van der Waals surface area contributed by atoms with E-state index in [1.54, 1.807) is 0 Å². The van der Waals surface area contributed by atoms with Crippen LogP contribution in [0.15, 0.2) is 18.2 Å². The van der Waals surface area contributed by atoms with Gasteiger partial charge in [-0.1, -0.05) is 12.1 Å². The molecule has 88 valence electrons. The first-order valence-corrected chi connectivity index (χ1v) is 6.19. The van der Waals surface area contributed by atoms with E-state index >= 15 is 0 Å². The molecule has 1 saturated carbocycles. The first-order chi connectivity index (χ1) is 7.66. The molecule has 1 aliphatic rings. The summed E-state index contributed by atoms with van der Waals surface area (Å²) in [5.41, 5.74) is 8.23. The van der Waals surface area contributed by atoms with Crippen LogP contribution >= 0.6 is 0 Å². The second kappa shape index (κ2) is 4.88. The molecular formula is C14H21NO. The highest BCUT2D eigenvalue weighted by molar-refractivity contribution is 5.37. The highest BCUT2D eigenvalue weighted by Crippen LogP contribution is 2.27. The van der Waals surface area contributed by atoms with Gasteiger partial charge in [0.2, 0.25) is 0 Å². The van der Waals surface area contributed by atoms with Crippen molar-refractivity contribution in [1.29, 1.82) is 0 Å². The minimum atomic E-state index is 0.0965. The van der Waals surface area contributed by atoms with Crippen LogP contribution in [0.1, 0.15) is 49.8 Å². The van der Waals surface area contributed by atoms with Crippen LogP contribution in [0.3, 0.4) is 0 Å². The Balaban J connectivity index is 2.09. The van der Waals surface area contributed by atoms with Crippen molar-refractivity contribution in [3.8, 4) is 5.75 Å². The smallest absolute Gasteiger partial charge is 0.122 e. The van der Waals surface area contributed by atoms with Gasteiger partial charge in [0.05, 0.1) is 6.10 Å². The predicted octanol–water partition coefficient (Wildman–Crippen LogP) is 3.34. The molecule has 1 unspecified atom stereocenters. The van der Waals surface area contributed by atoms with Crippen LogP contribution in [0, 0.1) is 6.92 Å². The number of hydrogen-bond donors (Lipinski definition) is 1. The van der Waals surface area contributed by atoms with E-state index in [2.05, 4.69) is 25.1 Å². The maximum atomic E-state index is 6.00. The van der Waals surface area contributed by atoms with Crippen molar-refractivity contribution in [3.63, 3.8) is 0 Å². The Kier molecular flexibility index (Phi) is 3.49. The number of ether oxygens (including phenoxy) is 1. The monoisotopic (exact) mass is 219 g/mol. The van der Waals surface area contributed by atoms with Gasteiger partial charge in [-0.05, 0) is 56.7 Å². The summed E-state index contributed by atoms with van der Waals surface area (Å²) in [6.45, 7) is 4.10. The molecule has 1 aliphatic carbocycles. The molecule has 0 heterocycles. The molecule has 1 fully saturated rings. The van der Waals surface area contributed by atoms with Crippen molar-refractivity contribution in [2.24, 2.45) is 5.73 Å². The van der Waals surface area contributed by atoms with E-state index in [1.807, 2.05) is 6.92 Å². The summed E-state index contributed by atoms with van der Waals surface area (Å²) < 4.78 is 6.00. The van der Waals surface area contributed by atoms with Gasteiger partial charge >= 0.3 is 0 Å². The third-order valence-corrected chi connectivity index (χ3v) is 3.32. The van der Waals surface area contributed by atoms with E-state index in [1.165, 1.54) is 36.8 Å². The molecule has 1 aromatic rings. The van der Waals surface area contributed by atoms with E-state index in [9.17, 15) is 0 Å². The van der Waals surface area contributed by atoms with Gasteiger partial charge in [0, 0.05) is 6.04 Å². The molecule has 0 amide bonds. The zero-order valence-electron chi connectivity index (χ0n) is 10.2. The van der Waals surface area contributed by atoms with E-state index in [-0.39, 0.29) is 6.04 Å². The van der Waals surface area contributed by atoms with Crippen LogP contribution in [-0.4, -0.2) is 6.10 Å². The topological polar surface area (TPSA) is 35.2 Å². The standard InChI is InChI=1S/C14H21NO/c1-10-9-12(11(2)15)7-8-14(10)16-13-5-3-4-6-13/h7-9,11,13H,3-6,15H2,1-2H3. The highest BCUT2D eigenvalue weighted by Gasteiger charge is 2.17. The molecule has 1 aromatic carbocycles. The van der Waals surface area contributed by atoms with Gasteiger partial charge in [-0.2, -0.15) is 0 Å². The van der Waals surface area contributed by atoms with E-state index in [0.29, 0.717) is 6.10 Å². The Hall–Kier alpha value is -1.02. The van der Waals surface area contributed by atoms with Crippen molar-refractivity contribution in [2.75, 3.05) is 0 Å². The maximum absolute atomic E-state index is 6.00. The molecule has 0 radical (unpaired) electrons. The minimum Gasteiger partial charge on any atom is -0.490 e. The molecule has 2 N–H and O–H groups in total. The molecule has 0 aromatic heterocycles. The SMILES string of the molecule is Cc1cc(C(C)N)ccc1OC1CCCC1. The molecule has 16 heavy (non-hydrogen) atoms. The number of benzene rings is 1. The van der Waals surface area contributed by atoms with Crippen LogP contribution in [-0.2, 0) is 0 Å². The maximum Gasteiger partial charge on any atom is 0.122 e. The number of rotatable bonds is 3. The van der Waals surface area contributed by atoms with Gasteiger partial charge < -0.3 is 10.5 Å². The Bertz CT molecular complexity index is 354. The summed E-state index contributed by atoms with van der Waals surface area (Å²) in [7, 11) is 0. The van der Waals surface area contributed by atoms with Crippen molar-refractivity contribution in [3.05, 3.63) is 29.3 Å². The number of nitrogens with two attached hydrogens (primary N) is 1. The molecule has 0 bridgehead atoms. The third-order valence-electron chi connectivity index (χ3n) is 3.32. The summed E-state index contributed by atoms with van der Waals surface area (Å²) in [5, 5.41) is 0. The molecule has 0 aliphatic heterocycles. The summed E-state index contributed by atoms with van der Waals surface area (Å²) in [4.78, 5) is 0. The molecule has 1 atom stereocenters. The first-order valence-electron chi connectivity index (χ1n) is 6.19. The third kappa shape index (κ3) is 2.56. The zero-order chi connectivity index (χ0) is 11.5. The lowest BCUT2D eigenvalue weighted by Gasteiger charge is -2.16. The summed E-state index contributed by atoms with van der Waals surface area (Å²) in [5.74, 6) is 1.02. The number of aryl methyl sites for hydroxylation is 1. The van der Waals surface area contributed by atoms with E-state index in [0.717, 1.165) is 5.75 Å². The average Bonchev–Trinajstić information content (AvgIpc) is 2.73. The Labute approximate surface area is 97.8 Å². The second-order valence-corrected chi connectivity index (χ2v) is 4.84. The van der Waals surface area contributed by atoms with Crippen LogP contribution in [0.4, 0.5) is 0 Å². The van der Waals surface area contributed by atoms with Crippen LogP contribution in [0.5, 0.6) is 5.75 Å². The van der Waals surface area contributed by atoms with Crippen LogP contribution in [0.25, 0.3) is 0 Å². The van der Waals surface area contributed by atoms with Gasteiger partial charge in [-0.15, -0.1) is 0 Å². The lowest BCUT2D eigenvalue weighted by atomic mass is 10.1. The minimum absolute atomic E-state index is 0.0965. The quantitative estimate of drug-likeness (QED) is 0.846. The van der Waals surface area contributed by atoms with E-state index in [4.69, 9.17) is 10.5 Å². The van der Waals surface area contributed by atoms with Crippen molar-refractivity contribution in [1.82, 2.24) is 0 Å². The normalized spacial score (nSPS) is 18.7. The van der Waals surface area contributed by atoms with Crippen LogP contribution < -0.4 is 10.5 Å². The van der Waals surface area contributed by atoms with Crippen molar-refractivity contribution < 1.29 is 4.74 Å². The van der Waals surface area contributed by atoms with Gasteiger partial charge in [0.15, 0.2) is 0 Å². The Morgan fingerprint density at radius 1 is 1.31 bits per heavy atom. The Morgan fingerprint density at radius 3 is 2.56 bits per heavy atom. The Morgan fingerprint density at radius 2 is 2.00 bits per heavy atom. The molecule has 2 heteroatoms.